The summed E-state index contributed by atoms with van der Waals surface area (Å²) >= 11 is 0. The van der Waals surface area contributed by atoms with Crippen molar-refractivity contribution in [3.05, 3.63) is 35.4 Å². The highest BCUT2D eigenvalue weighted by Gasteiger charge is 2.16. The third kappa shape index (κ3) is 6.66. The molecule has 0 saturated carbocycles. The molecular weight excluding hydrogens is 309 g/mol. The SMILES string of the molecule is CN(C)Cc1cccc(C(=O)NC2CCNCC2)c1.Cl.Cl. The van der Waals surface area contributed by atoms with Crippen LogP contribution in [0.15, 0.2) is 24.3 Å². The normalized spacial score (nSPS) is 15.0. The molecule has 0 spiro atoms. The Balaban J connectivity index is 0.00000200. The lowest BCUT2D eigenvalue weighted by Crippen LogP contribution is -2.42. The zero-order valence-electron chi connectivity index (χ0n) is 12.6. The van der Waals surface area contributed by atoms with Gasteiger partial charge in [0, 0.05) is 18.2 Å². The molecule has 21 heavy (non-hydrogen) atoms. The lowest BCUT2D eigenvalue weighted by molar-refractivity contribution is 0.0929. The maximum Gasteiger partial charge on any atom is 0.251 e. The van der Waals surface area contributed by atoms with Crippen LogP contribution in [0.5, 0.6) is 0 Å². The van der Waals surface area contributed by atoms with Gasteiger partial charge in [0.25, 0.3) is 5.91 Å². The summed E-state index contributed by atoms with van der Waals surface area (Å²) in [5.74, 6) is 0.0486. The van der Waals surface area contributed by atoms with E-state index < -0.39 is 0 Å². The van der Waals surface area contributed by atoms with E-state index in [1.54, 1.807) is 0 Å². The van der Waals surface area contributed by atoms with Gasteiger partial charge in [0.15, 0.2) is 0 Å². The van der Waals surface area contributed by atoms with Gasteiger partial charge in [0.05, 0.1) is 0 Å². The Labute approximate surface area is 139 Å². The van der Waals surface area contributed by atoms with Crippen LogP contribution in [-0.2, 0) is 6.54 Å². The van der Waals surface area contributed by atoms with Crippen molar-refractivity contribution >= 4 is 30.7 Å². The number of hydrogen-bond acceptors (Lipinski definition) is 3. The highest BCUT2D eigenvalue weighted by Crippen LogP contribution is 2.09. The number of benzene rings is 1. The monoisotopic (exact) mass is 333 g/mol. The molecule has 1 aliphatic heterocycles. The van der Waals surface area contributed by atoms with Gasteiger partial charge in [-0.3, -0.25) is 4.79 Å². The maximum atomic E-state index is 12.2. The molecule has 1 aliphatic rings. The molecular formula is C15H25Cl2N3O. The first-order valence-corrected chi connectivity index (χ1v) is 6.90. The van der Waals surface area contributed by atoms with Crippen molar-refractivity contribution in [2.75, 3.05) is 27.2 Å². The van der Waals surface area contributed by atoms with Crippen molar-refractivity contribution in [1.29, 1.82) is 0 Å². The van der Waals surface area contributed by atoms with E-state index in [2.05, 4.69) is 21.6 Å². The van der Waals surface area contributed by atoms with Crippen LogP contribution in [-0.4, -0.2) is 44.0 Å². The molecule has 4 nitrogen and oxygen atoms in total. The number of amides is 1. The minimum absolute atomic E-state index is 0. The molecule has 6 heteroatoms. The van der Waals surface area contributed by atoms with Crippen LogP contribution in [0, 0.1) is 0 Å². The van der Waals surface area contributed by atoms with Gasteiger partial charge in [-0.05, 0) is 57.7 Å². The lowest BCUT2D eigenvalue weighted by atomic mass is 10.1. The molecule has 1 aromatic carbocycles. The molecule has 1 fully saturated rings. The summed E-state index contributed by atoms with van der Waals surface area (Å²) in [5.41, 5.74) is 1.93. The molecule has 0 radical (unpaired) electrons. The molecule has 2 rings (SSSR count). The number of halogens is 2. The number of piperidine rings is 1. The summed E-state index contributed by atoms with van der Waals surface area (Å²) in [5, 5.41) is 6.42. The fourth-order valence-electron chi connectivity index (χ4n) is 2.41. The van der Waals surface area contributed by atoms with Crippen molar-refractivity contribution in [3.63, 3.8) is 0 Å². The predicted octanol–water partition coefficient (Wildman–Crippen LogP) is 2.07. The lowest BCUT2D eigenvalue weighted by Gasteiger charge is -2.23. The number of rotatable bonds is 4. The first-order chi connectivity index (χ1) is 9.15. The summed E-state index contributed by atoms with van der Waals surface area (Å²) < 4.78 is 0. The van der Waals surface area contributed by atoms with Crippen LogP contribution in [0.3, 0.4) is 0 Å². The second-order valence-corrected chi connectivity index (χ2v) is 5.44. The van der Waals surface area contributed by atoms with E-state index in [1.165, 1.54) is 5.56 Å². The van der Waals surface area contributed by atoms with Gasteiger partial charge in [-0.1, -0.05) is 12.1 Å². The average molecular weight is 334 g/mol. The Morgan fingerprint density at radius 2 is 1.95 bits per heavy atom. The topological polar surface area (TPSA) is 44.4 Å². The second-order valence-electron chi connectivity index (χ2n) is 5.44. The minimum atomic E-state index is 0. The van der Waals surface area contributed by atoms with Crippen molar-refractivity contribution < 1.29 is 4.79 Å². The number of carbonyl (C=O) groups excluding carboxylic acids is 1. The van der Waals surface area contributed by atoms with Crippen LogP contribution >= 0.6 is 24.8 Å². The summed E-state index contributed by atoms with van der Waals surface area (Å²) in [7, 11) is 4.06. The minimum Gasteiger partial charge on any atom is -0.349 e. The third-order valence-corrected chi connectivity index (χ3v) is 3.36. The van der Waals surface area contributed by atoms with Crippen molar-refractivity contribution in [2.45, 2.75) is 25.4 Å². The summed E-state index contributed by atoms with van der Waals surface area (Å²) in [6, 6.07) is 8.19. The van der Waals surface area contributed by atoms with Crippen LogP contribution in [0.2, 0.25) is 0 Å². The number of nitrogens with zero attached hydrogens (tertiary/aromatic N) is 1. The first-order valence-electron chi connectivity index (χ1n) is 6.90. The smallest absolute Gasteiger partial charge is 0.251 e. The van der Waals surface area contributed by atoms with Gasteiger partial charge < -0.3 is 15.5 Å². The standard InChI is InChI=1S/C15H23N3O.2ClH/c1-18(2)11-12-4-3-5-13(10-12)15(19)17-14-6-8-16-9-7-14;;/h3-5,10,14,16H,6-9,11H2,1-2H3,(H,17,19);2*1H. The van der Waals surface area contributed by atoms with Crippen molar-refractivity contribution in [3.8, 4) is 0 Å². The maximum absolute atomic E-state index is 12.2. The number of nitrogens with one attached hydrogen (secondary N) is 2. The van der Waals surface area contributed by atoms with Crippen molar-refractivity contribution in [1.82, 2.24) is 15.5 Å². The zero-order chi connectivity index (χ0) is 13.7. The van der Waals surface area contributed by atoms with Crippen LogP contribution in [0.1, 0.15) is 28.8 Å². The molecule has 2 N–H and O–H groups in total. The molecule has 0 bridgehead atoms. The van der Waals surface area contributed by atoms with Crippen molar-refractivity contribution in [2.24, 2.45) is 0 Å². The highest BCUT2D eigenvalue weighted by atomic mass is 35.5. The van der Waals surface area contributed by atoms with E-state index in [0.29, 0.717) is 6.04 Å². The molecule has 1 amide bonds. The largest absolute Gasteiger partial charge is 0.349 e. The Morgan fingerprint density at radius 1 is 1.29 bits per heavy atom. The number of hydrogen-bond donors (Lipinski definition) is 2. The first kappa shape index (κ1) is 20.2. The van der Waals surface area contributed by atoms with Gasteiger partial charge in [-0.25, -0.2) is 0 Å². The molecule has 1 saturated heterocycles. The summed E-state index contributed by atoms with van der Waals surface area (Å²) in [4.78, 5) is 14.3. The Bertz CT molecular complexity index is 435. The fourth-order valence-corrected chi connectivity index (χ4v) is 2.41. The van der Waals surface area contributed by atoms with Gasteiger partial charge in [-0.2, -0.15) is 0 Å². The number of carbonyl (C=O) groups is 1. The molecule has 120 valence electrons. The Kier molecular flexibility index (Phi) is 9.62. The van der Waals surface area contributed by atoms with Gasteiger partial charge >= 0.3 is 0 Å². The zero-order valence-corrected chi connectivity index (χ0v) is 14.2. The highest BCUT2D eigenvalue weighted by molar-refractivity contribution is 5.94. The van der Waals surface area contributed by atoms with E-state index in [0.717, 1.165) is 38.0 Å². The Morgan fingerprint density at radius 3 is 2.57 bits per heavy atom. The second kappa shape index (κ2) is 10.0. The van der Waals surface area contributed by atoms with Crippen LogP contribution in [0.25, 0.3) is 0 Å². The average Bonchev–Trinajstić information content (AvgIpc) is 2.39. The fraction of sp³-hybridized carbons (Fsp3) is 0.533. The van der Waals surface area contributed by atoms with E-state index in [1.807, 2.05) is 32.3 Å². The van der Waals surface area contributed by atoms with Crippen LogP contribution in [0.4, 0.5) is 0 Å². The molecule has 0 unspecified atom stereocenters. The quantitative estimate of drug-likeness (QED) is 0.886. The molecule has 0 aromatic heterocycles. The summed E-state index contributed by atoms with van der Waals surface area (Å²) in [6.45, 7) is 2.84. The summed E-state index contributed by atoms with van der Waals surface area (Å²) in [6.07, 6.45) is 2.03. The third-order valence-electron chi connectivity index (χ3n) is 3.36. The van der Waals surface area contributed by atoms with E-state index >= 15 is 0 Å². The van der Waals surface area contributed by atoms with Crippen LogP contribution < -0.4 is 10.6 Å². The van der Waals surface area contributed by atoms with E-state index in [9.17, 15) is 4.79 Å². The predicted molar refractivity (Wildman–Crippen MR) is 91.7 cm³/mol. The molecule has 1 aromatic rings. The van der Waals surface area contributed by atoms with E-state index in [4.69, 9.17) is 0 Å². The molecule has 0 aliphatic carbocycles. The van der Waals surface area contributed by atoms with Gasteiger partial charge in [0.2, 0.25) is 0 Å². The molecule has 1 heterocycles. The van der Waals surface area contributed by atoms with Gasteiger partial charge in [-0.15, -0.1) is 24.8 Å². The Hall–Kier alpha value is -0.810. The van der Waals surface area contributed by atoms with Gasteiger partial charge in [0.1, 0.15) is 0 Å². The van der Waals surface area contributed by atoms with E-state index in [-0.39, 0.29) is 30.7 Å². The molecule has 0 atom stereocenters.